The highest BCUT2D eigenvalue weighted by atomic mass is 16.5. The van der Waals surface area contributed by atoms with E-state index in [4.69, 9.17) is 4.74 Å². The molecule has 2 heterocycles. The highest BCUT2D eigenvalue weighted by Crippen LogP contribution is 2.34. The first-order valence-corrected chi connectivity index (χ1v) is 7.12. The Labute approximate surface area is 125 Å². The van der Waals surface area contributed by atoms with E-state index in [-0.39, 0.29) is 5.92 Å². The van der Waals surface area contributed by atoms with Crippen LogP contribution in [-0.2, 0) is 0 Å². The smallest absolute Gasteiger partial charge is 0.124 e. The molecule has 0 aliphatic heterocycles. The zero-order valence-electron chi connectivity index (χ0n) is 12.6. The molecule has 21 heavy (non-hydrogen) atoms. The van der Waals surface area contributed by atoms with E-state index in [9.17, 15) is 0 Å². The van der Waals surface area contributed by atoms with Crippen LogP contribution >= 0.6 is 0 Å². The summed E-state index contributed by atoms with van der Waals surface area (Å²) >= 11 is 0. The minimum absolute atomic E-state index is 0.179. The van der Waals surface area contributed by atoms with E-state index in [2.05, 4.69) is 48.1 Å². The molecule has 0 aliphatic rings. The molecular formula is C18H20N2O. The van der Waals surface area contributed by atoms with Gasteiger partial charge in [0, 0.05) is 23.8 Å². The molecule has 0 amide bonds. The first-order chi connectivity index (χ1) is 10.2. The average molecular weight is 280 g/mol. The second-order valence-corrected chi connectivity index (χ2v) is 5.37. The molecule has 2 N–H and O–H groups in total. The summed E-state index contributed by atoms with van der Waals surface area (Å²) in [6.07, 6.45) is 3.93. The summed E-state index contributed by atoms with van der Waals surface area (Å²) < 4.78 is 5.48. The Balaban J connectivity index is 2.14. The predicted octanol–water partition coefficient (Wildman–Crippen LogP) is 4.15. The number of aryl methyl sites for hydroxylation is 2. The lowest BCUT2D eigenvalue weighted by atomic mass is 9.90. The molecule has 1 aromatic carbocycles. The van der Waals surface area contributed by atoms with Crippen molar-refractivity contribution < 1.29 is 4.74 Å². The van der Waals surface area contributed by atoms with Gasteiger partial charge in [-0.1, -0.05) is 12.1 Å². The van der Waals surface area contributed by atoms with Crippen molar-refractivity contribution in [3.8, 4) is 5.75 Å². The average Bonchev–Trinajstić information content (AvgIpc) is 3.12. The molecule has 0 atom stereocenters. The Morgan fingerprint density at radius 2 is 1.43 bits per heavy atom. The third-order valence-corrected chi connectivity index (χ3v) is 3.89. The number of aromatic nitrogens is 2. The van der Waals surface area contributed by atoms with Gasteiger partial charge in [0.15, 0.2) is 0 Å². The molecule has 0 saturated carbocycles. The number of hydrogen-bond donors (Lipinski definition) is 2. The Bertz CT molecular complexity index is 655. The van der Waals surface area contributed by atoms with E-state index >= 15 is 0 Å². The monoisotopic (exact) mass is 280 g/mol. The Hall–Kier alpha value is -2.42. The zero-order chi connectivity index (χ0) is 14.8. The normalized spacial score (nSPS) is 11.0. The molecule has 3 nitrogen and oxygen atoms in total. The number of benzene rings is 1. The van der Waals surface area contributed by atoms with Gasteiger partial charge in [0.1, 0.15) is 5.75 Å². The van der Waals surface area contributed by atoms with Crippen molar-refractivity contribution in [1.82, 2.24) is 9.97 Å². The molecule has 3 aromatic rings. The minimum Gasteiger partial charge on any atom is -0.496 e. The quantitative estimate of drug-likeness (QED) is 0.740. The molecule has 2 aromatic heterocycles. The van der Waals surface area contributed by atoms with Crippen LogP contribution in [0.5, 0.6) is 5.75 Å². The van der Waals surface area contributed by atoms with Crippen LogP contribution in [0, 0.1) is 13.8 Å². The van der Waals surface area contributed by atoms with Gasteiger partial charge in [0.25, 0.3) is 0 Å². The van der Waals surface area contributed by atoms with Gasteiger partial charge in [0.05, 0.1) is 13.0 Å². The van der Waals surface area contributed by atoms with Crippen LogP contribution in [0.4, 0.5) is 0 Å². The maximum absolute atomic E-state index is 5.48. The molecule has 0 saturated heterocycles. The van der Waals surface area contributed by atoms with Crippen LogP contribution in [0.1, 0.15) is 34.0 Å². The summed E-state index contributed by atoms with van der Waals surface area (Å²) in [5.74, 6) is 1.15. The lowest BCUT2D eigenvalue weighted by Crippen LogP contribution is -2.06. The summed E-state index contributed by atoms with van der Waals surface area (Å²) in [7, 11) is 1.72. The van der Waals surface area contributed by atoms with Gasteiger partial charge < -0.3 is 14.7 Å². The van der Waals surface area contributed by atoms with Gasteiger partial charge in [-0.05, 0) is 54.8 Å². The van der Waals surface area contributed by atoms with E-state index in [1.54, 1.807) is 7.11 Å². The highest BCUT2D eigenvalue weighted by Gasteiger charge is 2.20. The zero-order valence-corrected chi connectivity index (χ0v) is 12.6. The van der Waals surface area contributed by atoms with Gasteiger partial charge in [-0.15, -0.1) is 0 Å². The van der Waals surface area contributed by atoms with Crippen molar-refractivity contribution in [1.29, 1.82) is 0 Å². The summed E-state index contributed by atoms with van der Waals surface area (Å²) in [6.45, 7) is 4.19. The topological polar surface area (TPSA) is 40.8 Å². The fourth-order valence-electron chi connectivity index (χ4n) is 3.05. The molecule has 3 heteroatoms. The molecule has 0 spiro atoms. The van der Waals surface area contributed by atoms with E-state index in [1.807, 2.05) is 24.5 Å². The van der Waals surface area contributed by atoms with Gasteiger partial charge >= 0.3 is 0 Å². The predicted molar refractivity (Wildman–Crippen MR) is 85.0 cm³/mol. The second-order valence-electron chi connectivity index (χ2n) is 5.37. The van der Waals surface area contributed by atoms with Crippen LogP contribution in [0.2, 0.25) is 0 Å². The number of hydrogen-bond acceptors (Lipinski definition) is 1. The summed E-state index contributed by atoms with van der Waals surface area (Å²) in [5, 5.41) is 0. The number of H-pyrrole nitrogens is 2. The summed E-state index contributed by atoms with van der Waals surface area (Å²) in [4.78, 5) is 6.68. The molecule has 0 unspecified atom stereocenters. The van der Waals surface area contributed by atoms with Gasteiger partial charge in [0.2, 0.25) is 0 Å². The first-order valence-electron chi connectivity index (χ1n) is 7.12. The summed E-state index contributed by atoms with van der Waals surface area (Å²) in [5.41, 5.74) is 5.95. The maximum atomic E-state index is 5.48. The van der Waals surface area contributed by atoms with Crippen LogP contribution in [0.3, 0.4) is 0 Å². The first kappa shape index (κ1) is 13.6. The van der Waals surface area contributed by atoms with Crippen LogP contribution in [-0.4, -0.2) is 17.1 Å². The third-order valence-electron chi connectivity index (χ3n) is 3.89. The van der Waals surface area contributed by atoms with Crippen molar-refractivity contribution in [2.75, 3.05) is 7.11 Å². The molecule has 0 bridgehead atoms. The SMILES string of the molecule is COc1c(C)cc(C(c2ccc[nH]2)c2ccc[nH]2)cc1C. The number of nitrogens with one attached hydrogen (secondary N) is 2. The summed E-state index contributed by atoms with van der Waals surface area (Å²) in [6, 6.07) is 12.7. The lowest BCUT2D eigenvalue weighted by molar-refractivity contribution is 0.408. The Morgan fingerprint density at radius 1 is 0.905 bits per heavy atom. The largest absolute Gasteiger partial charge is 0.496 e. The lowest BCUT2D eigenvalue weighted by Gasteiger charge is -2.18. The van der Waals surface area contributed by atoms with Crippen molar-refractivity contribution in [3.05, 3.63) is 76.9 Å². The number of methoxy groups -OCH3 is 1. The van der Waals surface area contributed by atoms with Crippen molar-refractivity contribution in [2.24, 2.45) is 0 Å². The Kier molecular flexibility index (Phi) is 3.57. The van der Waals surface area contributed by atoms with Gasteiger partial charge in [-0.3, -0.25) is 0 Å². The van der Waals surface area contributed by atoms with Crippen molar-refractivity contribution >= 4 is 0 Å². The minimum atomic E-state index is 0.179. The van der Waals surface area contributed by atoms with E-state index < -0.39 is 0 Å². The molecule has 108 valence electrons. The highest BCUT2D eigenvalue weighted by molar-refractivity contribution is 5.48. The van der Waals surface area contributed by atoms with Crippen LogP contribution in [0.15, 0.2) is 48.8 Å². The third kappa shape index (κ3) is 2.47. The number of aromatic amines is 2. The second kappa shape index (κ2) is 5.52. The fraction of sp³-hybridized carbons (Fsp3) is 0.222. The standard InChI is InChI=1S/C18H20N2O/c1-12-10-14(11-13(2)18(12)21-3)17(15-6-4-8-19-15)16-7-5-9-20-16/h4-11,17,19-20H,1-3H3. The molecular weight excluding hydrogens is 260 g/mol. The van der Waals surface area contributed by atoms with E-state index in [0.29, 0.717) is 0 Å². The fourth-order valence-corrected chi connectivity index (χ4v) is 3.05. The van der Waals surface area contributed by atoms with Crippen LogP contribution < -0.4 is 4.74 Å². The Morgan fingerprint density at radius 3 is 1.81 bits per heavy atom. The molecule has 0 radical (unpaired) electrons. The molecule has 0 aliphatic carbocycles. The number of rotatable bonds is 4. The van der Waals surface area contributed by atoms with E-state index in [0.717, 1.165) is 16.9 Å². The van der Waals surface area contributed by atoms with Gasteiger partial charge in [-0.2, -0.15) is 0 Å². The van der Waals surface area contributed by atoms with Crippen molar-refractivity contribution in [3.63, 3.8) is 0 Å². The van der Waals surface area contributed by atoms with Gasteiger partial charge in [-0.25, -0.2) is 0 Å². The molecule has 0 fully saturated rings. The van der Waals surface area contributed by atoms with Crippen LogP contribution in [0.25, 0.3) is 0 Å². The maximum Gasteiger partial charge on any atom is 0.124 e. The van der Waals surface area contributed by atoms with E-state index in [1.165, 1.54) is 17.0 Å². The number of ether oxygens (including phenoxy) is 1. The molecule has 3 rings (SSSR count). The van der Waals surface area contributed by atoms with Crippen molar-refractivity contribution in [2.45, 2.75) is 19.8 Å².